The number of pyridine rings is 1. The van der Waals surface area contributed by atoms with E-state index >= 15 is 0 Å². The normalized spacial score (nSPS) is 14.9. The molecule has 0 fully saturated rings. The fraction of sp³-hybridized carbons (Fsp3) is 0.438. The number of halogens is 1. The number of H-pyrrole nitrogens is 1. The van der Waals surface area contributed by atoms with Gasteiger partial charge in [-0.3, -0.25) is 4.79 Å². The van der Waals surface area contributed by atoms with Crippen molar-refractivity contribution in [3.05, 3.63) is 39.4 Å². The first-order valence-electron chi connectivity index (χ1n) is 7.20. The summed E-state index contributed by atoms with van der Waals surface area (Å²) in [5.74, 6) is -0.275. The van der Waals surface area contributed by atoms with Crippen LogP contribution in [-0.4, -0.2) is 11.6 Å². The van der Waals surface area contributed by atoms with Crippen molar-refractivity contribution in [2.45, 2.75) is 39.0 Å². The van der Waals surface area contributed by atoms with Crippen molar-refractivity contribution in [3.63, 3.8) is 0 Å². The van der Waals surface area contributed by atoms with Crippen molar-refractivity contribution in [2.75, 3.05) is 6.61 Å². The molecule has 0 amide bonds. The van der Waals surface area contributed by atoms with E-state index in [-0.39, 0.29) is 11.2 Å². The second-order valence-corrected chi connectivity index (χ2v) is 5.23. The second kappa shape index (κ2) is 5.27. The van der Waals surface area contributed by atoms with E-state index in [0.29, 0.717) is 17.5 Å². The molecule has 0 bridgehead atoms. The number of aromatic amines is 1. The summed E-state index contributed by atoms with van der Waals surface area (Å²) in [7, 11) is 0. The Labute approximate surface area is 116 Å². The van der Waals surface area contributed by atoms with Gasteiger partial charge in [0.25, 0.3) is 0 Å². The first-order chi connectivity index (χ1) is 9.70. The van der Waals surface area contributed by atoms with Crippen LogP contribution in [0.4, 0.5) is 4.39 Å². The molecule has 0 aliphatic heterocycles. The molecule has 106 valence electrons. The van der Waals surface area contributed by atoms with Gasteiger partial charge in [-0.2, -0.15) is 0 Å². The molecule has 1 aliphatic carbocycles. The zero-order chi connectivity index (χ0) is 14.1. The van der Waals surface area contributed by atoms with Crippen LogP contribution in [-0.2, 0) is 12.8 Å². The maximum absolute atomic E-state index is 13.9. The Hall–Kier alpha value is -1.84. The van der Waals surface area contributed by atoms with Gasteiger partial charge in [0.05, 0.1) is 12.1 Å². The topological polar surface area (TPSA) is 42.1 Å². The quantitative estimate of drug-likeness (QED) is 0.854. The number of aromatic nitrogens is 1. The molecule has 0 saturated heterocycles. The number of benzene rings is 1. The summed E-state index contributed by atoms with van der Waals surface area (Å²) in [6.45, 7) is 2.18. The molecule has 1 N–H and O–H groups in total. The van der Waals surface area contributed by atoms with Crippen molar-refractivity contribution in [3.8, 4) is 5.75 Å². The van der Waals surface area contributed by atoms with Gasteiger partial charge in [0, 0.05) is 22.7 Å². The number of hydrogen-bond acceptors (Lipinski definition) is 2. The molecule has 4 heteroatoms. The number of aryl methyl sites for hydroxylation is 1. The summed E-state index contributed by atoms with van der Waals surface area (Å²) in [6.07, 6.45) is 4.93. The monoisotopic (exact) mass is 275 g/mol. The molecule has 0 atom stereocenters. The lowest BCUT2D eigenvalue weighted by Crippen LogP contribution is -2.14. The van der Waals surface area contributed by atoms with Crippen LogP contribution < -0.4 is 10.2 Å². The van der Waals surface area contributed by atoms with Gasteiger partial charge in [0.1, 0.15) is 0 Å². The van der Waals surface area contributed by atoms with Crippen LogP contribution in [0.2, 0.25) is 0 Å². The van der Waals surface area contributed by atoms with Crippen LogP contribution >= 0.6 is 0 Å². The van der Waals surface area contributed by atoms with Crippen LogP contribution in [0.25, 0.3) is 10.9 Å². The Morgan fingerprint density at radius 2 is 2.05 bits per heavy atom. The van der Waals surface area contributed by atoms with Crippen molar-refractivity contribution < 1.29 is 9.13 Å². The van der Waals surface area contributed by atoms with Crippen molar-refractivity contribution in [2.24, 2.45) is 0 Å². The van der Waals surface area contributed by atoms with Crippen LogP contribution in [0.15, 0.2) is 16.9 Å². The Kier molecular flexibility index (Phi) is 3.47. The first-order valence-corrected chi connectivity index (χ1v) is 7.20. The van der Waals surface area contributed by atoms with Crippen molar-refractivity contribution in [1.82, 2.24) is 4.98 Å². The van der Waals surface area contributed by atoms with E-state index < -0.39 is 5.82 Å². The minimum atomic E-state index is -0.427. The molecule has 2 aromatic rings. The van der Waals surface area contributed by atoms with Gasteiger partial charge in [-0.25, -0.2) is 4.39 Å². The van der Waals surface area contributed by atoms with E-state index in [4.69, 9.17) is 4.74 Å². The minimum absolute atomic E-state index is 0.0246. The molecule has 0 radical (unpaired) electrons. The predicted molar refractivity (Wildman–Crippen MR) is 77.0 cm³/mol. The average molecular weight is 275 g/mol. The van der Waals surface area contributed by atoms with E-state index in [2.05, 4.69) is 4.98 Å². The van der Waals surface area contributed by atoms with Gasteiger partial charge in [0.15, 0.2) is 17.0 Å². The lowest BCUT2D eigenvalue weighted by atomic mass is 10.0. The number of hydrogen-bond donors (Lipinski definition) is 1. The van der Waals surface area contributed by atoms with E-state index in [9.17, 15) is 9.18 Å². The van der Waals surface area contributed by atoms with Crippen LogP contribution in [0.3, 0.4) is 0 Å². The minimum Gasteiger partial charge on any atom is -0.491 e. The van der Waals surface area contributed by atoms with Gasteiger partial charge >= 0.3 is 0 Å². The lowest BCUT2D eigenvalue weighted by Gasteiger charge is -2.10. The predicted octanol–water partition coefficient (Wildman–Crippen LogP) is 3.33. The fourth-order valence-electron chi connectivity index (χ4n) is 2.91. The SMILES string of the molecule is CCOc1cc2c(=O)c3c([nH]c2cc1F)CCCCC3. The smallest absolute Gasteiger partial charge is 0.192 e. The average Bonchev–Trinajstić information content (AvgIpc) is 2.66. The number of ether oxygens (including phenoxy) is 1. The summed E-state index contributed by atoms with van der Waals surface area (Å²) in [4.78, 5) is 15.8. The van der Waals surface area contributed by atoms with E-state index in [0.717, 1.165) is 43.4 Å². The highest BCUT2D eigenvalue weighted by atomic mass is 19.1. The molecular weight excluding hydrogens is 257 g/mol. The van der Waals surface area contributed by atoms with Gasteiger partial charge in [-0.15, -0.1) is 0 Å². The largest absolute Gasteiger partial charge is 0.491 e. The maximum Gasteiger partial charge on any atom is 0.192 e. The zero-order valence-electron chi connectivity index (χ0n) is 11.6. The van der Waals surface area contributed by atoms with Crippen LogP contribution in [0.5, 0.6) is 5.75 Å². The lowest BCUT2D eigenvalue weighted by molar-refractivity contribution is 0.322. The van der Waals surface area contributed by atoms with E-state index in [1.54, 1.807) is 6.92 Å². The standard InChI is InChI=1S/C16H18FNO2/c1-2-20-15-8-11-14(9-12(15)17)18-13-7-5-3-4-6-10(13)16(11)19/h8-9H,2-7H2,1H3,(H,18,19). The third-order valence-corrected chi connectivity index (χ3v) is 3.89. The van der Waals surface area contributed by atoms with Gasteiger partial charge < -0.3 is 9.72 Å². The summed E-state index contributed by atoms with van der Waals surface area (Å²) in [6, 6.07) is 2.89. The van der Waals surface area contributed by atoms with Gasteiger partial charge in [-0.05, 0) is 38.7 Å². The van der Waals surface area contributed by atoms with Crippen LogP contribution in [0.1, 0.15) is 37.4 Å². The molecular formula is C16H18FNO2. The third kappa shape index (κ3) is 2.19. The molecule has 0 spiro atoms. The first kappa shape index (κ1) is 13.2. The van der Waals surface area contributed by atoms with Gasteiger partial charge in [0.2, 0.25) is 0 Å². The summed E-state index contributed by atoms with van der Waals surface area (Å²) in [5, 5.41) is 0.524. The third-order valence-electron chi connectivity index (χ3n) is 3.89. The highest BCUT2D eigenvalue weighted by Crippen LogP contribution is 2.25. The van der Waals surface area contributed by atoms with Crippen molar-refractivity contribution >= 4 is 10.9 Å². The van der Waals surface area contributed by atoms with E-state index in [1.165, 1.54) is 12.1 Å². The number of nitrogens with one attached hydrogen (secondary N) is 1. The Bertz CT molecular complexity index is 706. The molecule has 1 aliphatic rings. The molecule has 3 rings (SSSR count). The Morgan fingerprint density at radius 3 is 2.85 bits per heavy atom. The number of rotatable bonds is 2. The van der Waals surface area contributed by atoms with Crippen LogP contribution in [0, 0.1) is 5.82 Å². The highest BCUT2D eigenvalue weighted by Gasteiger charge is 2.16. The Morgan fingerprint density at radius 1 is 1.25 bits per heavy atom. The maximum atomic E-state index is 13.9. The van der Waals surface area contributed by atoms with Gasteiger partial charge in [-0.1, -0.05) is 6.42 Å². The van der Waals surface area contributed by atoms with E-state index in [1.807, 2.05) is 0 Å². The van der Waals surface area contributed by atoms with Crippen molar-refractivity contribution in [1.29, 1.82) is 0 Å². The molecule has 0 saturated carbocycles. The summed E-state index contributed by atoms with van der Waals surface area (Å²) < 4.78 is 19.1. The summed E-state index contributed by atoms with van der Waals surface area (Å²) >= 11 is 0. The summed E-state index contributed by atoms with van der Waals surface area (Å²) in [5.41, 5.74) is 2.43. The highest BCUT2D eigenvalue weighted by molar-refractivity contribution is 5.81. The molecule has 0 unspecified atom stereocenters. The molecule has 3 nitrogen and oxygen atoms in total. The number of fused-ring (bicyclic) bond motifs is 2. The molecule has 1 heterocycles. The molecule has 1 aromatic carbocycles. The molecule has 1 aromatic heterocycles. The fourth-order valence-corrected chi connectivity index (χ4v) is 2.91. The molecule has 20 heavy (non-hydrogen) atoms. The zero-order valence-corrected chi connectivity index (χ0v) is 11.6. The Balaban J connectivity index is 2.25. The second-order valence-electron chi connectivity index (χ2n) is 5.23.